The zero-order chi connectivity index (χ0) is 18.8. The standard InChI is InChI=1S/C17H20N8O2/c1-23-17(27)25(13-5-3-2-4-6-13)16(20-23)12-7-9-24(10-8-12)15(26)11-14-18-21-22-19-14/h2-6,12H,7-11H2,1H3,(H,18,19,21,22). The molecule has 0 radical (unpaired) electrons. The molecular weight excluding hydrogens is 348 g/mol. The predicted molar refractivity (Wildman–Crippen MR) is 95.2 cm³/mol. The number of aromatic amines is 1. The smallest absolute Gasteiger partial charge is 0.342 e. The van der Waals surface area contributed by atoms with Crippen molar-refractivity contribution < 1.29 is 4.79 Å². The van der Waals surface area contributed by atoms with Crippen molar-refractivity contribution in [2.45, 2.75) is 25.2 Å². The molecule has 1 aliphatic rings. The number of H-pyrrole nitrogens is 1. The van der Waals surface area contributed by atoms with Gasteiger partial charge >= 0.3 is 5.69 Å². The third kappa shape index (κ3) is 3.37. The Bertz CT molecular complexity index is 968. The van der Waals surface area contributed by atoms with Gasteiger partial charge in [0.25, 0.3) is 0 Å². The maximum absolute atomic E-state index is 12.6. The van der Waals surface area contributed by atoms with E-state index in [4.69, 9.17) is 0 Å². The van der Waals surface area contributed by atoms with E-state index in [2.05, 4.69) is 25.7 Å². The first kappa shape index (κ1) is 17.1. The molecule has 10 heteroatoms. The van der Waals surface area contributed by atoms with Crippen LogP contribution in [0, 0.1) is 0 Å². The molecule has 10 nitrogen and oxygen atoms in total. The van der Waals surface area contributed by atoms with Gasteiger partial charge < -0.3 is 4.90 Å². The lowest BCUT2D eigenvalue weighted by molar-refractivity contribution is -0.131. The molecule has 0 atom stereocenters. The molecule has 0 spiro atoms. The Labute approximate surface area is 154 Å². The summed E-state index contributed by atoms with van der Waals surface area (Å²) in [4.78, 5) is 26.7. The number of nitrogens with zero attached hydrogens (tertiary/aromatic N) is 7. The lowest BCUT2D eigenvalue weighted by Crippen LogP contribution is -2.39. The van der Waals surface area contributed by atoms with E-state index in [9.17, 15) is 9.59 Å². The molecule has 1 fully saturated rings. The molecule has 3 heterocycles. The van der Waals surface area contributed by atoms with Crippen molar-refractivity contribution in [1.29, 1.82) is 0 Å². The minimum absolute atomic E-state index is 0.0173. The number of carbonyl (C=O) groups excluding carboxylic acids is 1. The Morgan fingerprint density at radius 3 is 2.63 bits per heavy atom. The summed E-state index contributed by atoms with van der Waals surface area (Å²) in [5.74, 6) is 1.24. The molecule has 0 aliphatic carbocycles. The van der Waals surface area contributed by atoms with Crippen LogP contribution in [0.15, 0.2) is 35.1 Å². The van der Waals surface area contributed by atoms with Crippen LogP contribution in [0.25, 0.3) is 5.69 Å². The number of nitrogens with one attached hydrogen (secondary N) is 1. The van der Waals surface area contributed by atoms with Gasteiger partial charge in [0.15, 0.2) is 5.82 Å². The fraction of sp³-hybridized carbons (Fsp3) is 0.412. The summed E-state index contributed by atoms with van der Waals surface area (Å²) in [5, 5.41) is 17.9. The van der Waals surface area contributed by atoms with Gasteiger partial charge in [0.2, 0.25) is 5.91 Å². The monoisotopic (exact) mass is 368 g/mol. The number of likely N-dealkylation sites (tertiary alicyclic amines) is 1. The maximum atomic E-state index is 12.6. The van der Waals surface area contributed by atoms with Crippen LogP contribution in [0.2, 0.25) is 0 Å². The topological polar surface area (TPSA) is 115 Å². The van der Waals surface area contributed by atoms with E-state index in [1.54, 1.807) is 16.5 Å². The lowest BCUT2D eigenvalue weighted by atomic mass is 9.95. The SMILES string of the molecule is Cn1nc(C2CCN(C(=O)Cc3nn[nH]n3)CC2)n(-c2ccccc2)c1=O. The maximum Gasteiger partial charge on any atom is 0.350 e. The summed E-state index contributed by atoms with van der Waals surface area (Å²) in [6.45, 7) is 1.22. The average molecular weight is 368 g/mol. The Morgan fingerprint density at radius 1 is 1.22 bits per heavy atom. The highest BCUT2D eigenvalue weighted by atomic mass is 16.2. The molecule has 1 saturated heterocycles. The first-order valence-corrected chi connectivity index (χ1v) is 8.85. The van der Waals surface area contributed by atoms with Gasteiger partial charge in [0.1, 0.15) is 5.82 Å². The highest BCUT2D eigenvalue weighted by Gasteiger charge is 2.29. The van der Waals surface area contributed by atoms with Gasteiger partial charge in [-0.1, -0.05) is 23.4 Å². The summed E-state index contributed by atoms with van der Waals surface area (Å²) >= 11 is 0. The van der Waals surface area contributed by atoms with Gasteiger partial charge in [0, 0.05) is 26.1 Å². The number of para-hydroxylation sites is 1. The molecule has 1 aromatic carbocycles. The van der Waals surface area contributed by atoms with Crippen molar-refractivity contribution in [3.05, 3.63) is 52.5 Å². The van der Waals surface area contributed by atoms with E-state index < -0.39 is 0 Å². The highest BCUT2D eigenvalue weighted by Crippen LogP contribution is 2.27. The van der Waals surface area contributed by atoms with E-state index in [-0.39, 0.29) is 23.9 Å². The van der Waals surface area contributed by atoms with Crippen molar-refractivity contribution in [3.8, 4) is 5.69 Å². The fourth-order valence-electron chi connectivity index (χ4n) is 3.46. The van der Waals surface area contributed by atoms with Crippen molar-refractivity contribution >= 4 is 5.91 Å². The Morgan fingerprint density at radius 2 is 1.96 bits per heavy atom. The van der Waals surface area contributed by atoms with Gasteiger partial charge in [-0.2, -0.15) is 10.3 Å². The van der Waals surface area contributed by atoms with Gasteiger partial charge in [-0.3, -0.25) is 4.79 Å². The van der Waals surface area contributed by atoms with E-state index in [1.165, 1.54) is 4.68 Å². The number of benzene rings is 1. The first-order chi connectivity index (χ1) is 13.1. The number of amides is 1. The van der Waals surface area contributed by atoms with Crippen LogP contribution in [0.3, 0.4) is 0 Å². The number of aryl methyl sites for hydroxylation is 1. The van der Waals surface area contributed by atoms with Crippen LogP contribution in [-0.4, -0.2) is 58.9 Å². The normalized spacial score (nSPS) is 15.2. The number of piperidine rings is 1. The molecule has 140 valence electrons. The Kier molecular flexibility index (Phi) is 4.53. The second-order valence-corrected chi connectivity index (χ2v) is 6.60. The van der Waals surface area contributed by atoms with Crippen LogP contribution in [0.5, 0.6) is 0 Å². The number of tetrazole rings is 1. The van der Waals surface area contributed by atoms with E-state index in [1.807, 2.05) is 30.3 Å². The predicted octanol–water partition coefficient (Wildman–Crippen LogP) is 0.0328. The first-order valence-electron chi connectivity index (χ1n) is 8.85. The molecule has 0 unspecified atom stereocenters. The van der Waals surface area contributed by atoms with Crippen molar-refractivity contribution in [1.82, 2.24) is 39.9 Å². The van der Waals surface area contributed by atoms with Gasteiger partial charge in [-0.05, 0) is 25.0 Å². The zero-order valence-electron chi connectivity index (χ0n) is 14.9. The molecule has 27 heavy (non-hydrogen) atoms. The number of aromatic nitrogens is 7. The molecule has 2 aromatic heterocycles. The van der Waals surface area contributed by atoms with Gasteiger partial charge in [0.05, 0.1) is 12.1 Å². The third-order valence-corrected chi connectivity index (χ3v) is 4.88. The van der Waals surface area contributed by atoms with Gasteiger partial charge in [-0.15, -0.1) is 10.2 Å². The average Bonchev–Trinajstić information content (AvgIpc) is 3.31. The lowest BCUT2D eigenvalue weighted by Gasteiger charge is -2.31. The number of carbonyl (C=O) groups is 1. The van der Waals surface area contributed by atoms with Crippen LogP contribution in [0.1, 0.15) is 30.4 Å². The minimum atomic E-state index is -0.160. The molecule has 4 rings (SSSR count). The summed E-state index contributed by atoms with van der Waals surface area (Å²) in [5.41, 5.74) is 0.646. The van der Waals surface area contributed by atoms with Gasteiger partial charge in [-0.25, -0.2) is 14.0 Å². The molecule has 0 bridgehead atoms. The Balaban J connectivity index is 1.50. The molecule has 1 aliphatic heterocycles. The summed E-state index contributed by atoms with van der Waals surface area (Å²) in [6.07, 6.45) is 1.64. The minimum Gasteiger partial charge on any atom is -0.342 e. The summed E-state index contributed by atoms with van der Waals surface area (Å²) < 4.78 is 3.04. The largest absolute Gasteiger partial charge is 0.350 e. The van der Waals surface area contributed by atoms with Crippen LogP contribution < -0.4 is 5.69 Å². The second kappa shape index (κ2) is 7.14. The quantitative estimate of drug-likeness (QED) is 0.695. The zero-order valence-corrected chi connectivity index (χ0v) is 14.9. The van der Waals surface area contributed by atoms with Crippen LogP contribution >= 0.6 is 0 Å². The van der Waals surface area contributed by atoms with Crippen LogP contribution in [0.4, 0.5) is 0 Å². The molecule has 1 amide bonds. The third-order valence-electron chi connectivity index (χ3n) is 4.88. The number of rotatable bonds is 4. The summed E-state index contributed by atoms with van der Waals surface area (Å²) in [6, 6.07) is 9.51. The van der Waals surface area contributed by atoms with Crippen molar-refractivity contribution in [3.63, 3.8) is 0 Å². The van der Waals surface area contributed by atoms with Crippen molar-refractivity contribution in [2.75, 3.05) is 13.1 Å². The summed E-state index contributed by atoms with van der Waals surface area (Å²) in [7, 11) is 1.66. The fourth-order valence-corrected chi connectivity index (χ4v) is 3.46. The molecule has 0 saturated carbocycles. The number of hydrogen-bond donors (Lipinski definition) is 1. The van der Waals surface area contributed by atoms with Crippen molar-refractivity contribution in [2.24, 2.45) is 7.05 Å². The molecule has 1 N–H and O–H groups in total. The van der Waals surface area contributed by atoms with E-state index in [0.717, 1.165) is 24.4 Å². The molecule has 3 aromatic rings. The second-order valence-electron chi connectivity index (χ2n) is 6.60. The number of hydrogen-bond acceptors (Lipinski definition) is 6. The Hall–Kier alpha value is -3.30. The van der Waals surface area contributed by atoms with E-state index in [0.29, 0.717) is 18.9 Å². The highest BCUT2D eigenvalue weighted by molar-refractivity contribution is 5.78. The van der Waals surface area contributed by atoms with Crippen LogP contribution in [-0.2, 0) is 18.3 Å². The van der Waals surface area contributed by atoms with E-state index >= 15 is 0 Å². The molecular formula is C17H20N8O2.